The number of nitrogens with zero attached hydrogens (tertiary/aromatic N) is 2. The summed E-state index contributed by atoms with van der Waals surface area (Å²) in [5.74, 6) is -1.53. The molecular formula is C16H21FN2O6S. The Labute approximate surface area is 151 Å². The molecule has 1 heterocycles. The maximum Gasteiger partial charge on any atom is 0.311 e. The molecule has 1 aromatic rings. The summed E-state index contributed by atoms with van der Waals surface area (Å²) < 4.78 is 41.9. The molecule has 2 rings (SSSR count). The highest BCUT2D eigenvalue weighted by Crippen LogP contribution is 2.27. The third-order valence-corrected chi connectivity index (χ3v) is 5.75. The monoisotopic (exact) mass is 388 g/mol. The van der Waals surface area contributed by atoms with Gasteiger partial charge < -0.3 is 9.64 Å². The molecule has 1 unspecified atom stereocenters. The second-order valence-electron chi connectivity index (χ2n) is 6.65. The summed E-state index contributed by atoms with van der Waals surface area (Å²) in [7, 11) is -3.17. The average Bonchev–Trinajstić information content (AvgIpc) is 2.89. The maximum absolute atomic E-state index is 13.3. The van der Waals surface area contributed by atoms with Crippen LogP contribution in [0.3, 0.4) is 0 Å². The maximum atomic E-state index is 13.3. The summed E-state index contributed by atoms with van der Waals surface area (Å²) in [4.78, 5) is 24.3. The molecule has 0 N–H and O–H groups in total. The van der Waals surface area contributed by atoms with Crippen molar-refractivity contribution in [3.63, 3.8) is 0 Å². The molecule has 1 aromatic carbocycles. The van der Waals surface area contributed by atoms with Crippen molar-refractivity contribution in [2.24, 2.45) is 5.92 Å². The Kier molecular flexibility index (Phi) is 6.17. The predicted molar refractivity (Wildman–Crippen MR) is 92.2 cm³/mol. The van der Waals surface area contributed by atoms with Crippen LogP contribution in [0.1, 0.15) is 20.3 Å². The van der Waals surface area contributed by atoms with Gasteiger partial charge in [-0.1, -0.05) is 13.8 Å². The van der Waals surface area contributed by atoms with E-state index in [-0.39, 0.29) is 23.2 Å². The average molecular weight is 388 g/mol. The van der Waals surface area contributed by atoms with Gasteiger partial charge in [-0.05, 0) is 18.4 Å². The third-order valence-electron chi connectivity index (χ3n) is 4.00. The molecule has 1 saturated heterocycles. The molecule has 0 spiro atoms. The number of benzene rings is 1. The predicted octanol–water partition coefficient (Wildman–Crippen LogP) is 1.78. The minimum absolute atomic E-state index is 0.0236. The Balaban J connectivity index is 2.13. The number of nitro groups is 1. The van der Waals surface area contributed by atoms with Crippen molar-refractivity contribution in [2.75, 3.05) is 24.7 Å². The van der Waals surface area contributed by atoms with Gasteiger partial charge >= 0.3 is 5.69 Å². The van der Waals surface area contributed by atoms with E-state index in [1.54, 1.807) is 0 Å². The van der Waals surface area contributed by atoms with Gasteiger partial charge in [-0.2, -0.15) is 0 Å². The highest BCUT2D eigenvalue weighted by Gasteiger charge is 2.35. The van der Waals surface area contributed by atoms with E-state index < -0.39 is 44.8 Å². The van der Waals surface area contributed by atoms with Crippen molar-refractivity contribution in [1.82, 2.24) is 4.90 Å². The first-order valence-electron chi connectivity index (χ1n) is 8.15. The first kappa shape index (κ1) is 20.1. The molecule has 1 fully saturated rings. The Hall–Kier alpha value is -2.23. The first-order valence-corrected chi connectivity index (χ1v) is 9.98. The van der Waals surface area contributed by atoms with E-state index in [9.17, 15) is 27.7 Å². The summed E-state index contributed by atoms with van der Waals surface area (Å²) in [5, 5.41) is 11.0. The van der Waals surface area contributed by atoms with Crippen LogP contribution in [0.4, 0.5) is 10.1 Å². The lowest BCUT2D eigenvalue weighted by Crippen LogP contribution is -2.45. The Morgan fingerprint density at radius 3 is 2.69 bits per heavy atom. The van der Waals surface area contributed by atoms with Crippen molar-refractivity contribution >= 4 is 21.4 Å². The van der Waals surface area contributed by atoms with Crippen LogP contribution >= 0.6 is 0 Å². The quantitative estimate of drug-likeness (QED) is 0.521. The first-order chi connectivity index (χ1) is 12.1. The summed E-state index contributed by atoms with van der Waals surface area (Å²) in [6.07, 6.45) is 0.348. The van der Waals surface area contributed by atoms with E-state index in [2.05, 4.69) is 0 Å². The van der Waals surface area contributed by atoms with Gasteiger partial charge in [-0.25, -0.2) is 12.8 Å². The number of rotatable bonds is 7. The van der Waals surface area contributed by atoms with E-state index >= 15 is 0 Å². The Bertz CT molecular complexity index is 796. The number of carbonyl (C=O) groups is 1. The number of sulfone groups is 1. The largest absolute Gasteiger partial charge is 0.477 e. The van der Waals surface area contributed by atoms with Crippen molar-refractivity contribution < 1.29 is 27.3 Å². The Morgan fingerprint density at radius 2 is 2.15 bits per heavy atom. The number of amides is 1. The standard InChI is InChI=1S/C16H21FN2O6S/c1-11(2)8-18(13-5-6-26(23,24)10-13)16(20)9-25-15-7-12(17)3-4-14(15)19(21)22/h3-4,7,11,13H,5-6,8-10H2,1-2H3. The number of hydrogen-bond acceptors (Lipinski definition) is 6. The minimum Gasteiger partial charge on any atom is -0.477 e. The van der Waals surface area contributed by atoms with Gasteiger partial charge in [-0.3, -0.25) is 14.9 Å². The smallest absolute Gasteiger partial charge is 0.311 e. The lowest BCUT2D eigenvalue weighted by molar-refractivity contribution is -0.385. The van der Waals surface area contributed by atoms with Gasteiger partial charge in [0.2, 0.25) is 5.75 Å². The lowest BCUT2D eigenvalue weighted by atomic mass is 10.1. The van der Waals surface area contributed by atoms with E-state index in [1.165, 1.54) is 4.90 Å². The lowest BCUT2D eigenvalue weighted by Gasteiger charge is -2.29. The molecule has 1 aliphatic heterocycles. The molecule has 26 heavy (non-hydrogen) atoms. The fraction of sp³-hybridized carbons (Fsp3) is 0.562. The molecule has 0 radical (unpaired) electrons. The number of hydrogen-bond donors (Lipinski definition) is 0. The van der Waals surface area contributed by atoms with Crippen molar-refractivity contribution in [2.45, 2.75) is 26.3 Å². The van der Waals surface area contributed by atoms with Gasteiger partial charge in [-0.15, -0.1) is 0 Å². The molecule has 1 atom stereocenters. The van der Waals surface area contributed by atoms with Crippen LogP contribution in [0.15, 0.2) is 18.2 Å². The van der Waals surface area contributed by atoms with Gasteiger partial charge in [0.25, 0.3) is 5.91 Å². The molecule has 144 valence electrons. The number of nitro benzene ring substituents is 1. The van der Waals surface area contributed by atoms with Crippen LogP contribution in [-0.2, 0) is 14.6 Å². The summed E-state index contributed by atoms with van der Waals surface area (Å²) >= 11 is 0. The highest BCUT2D eigenvalue weighted by molar-refractivity contribution is 7.91. The number of carbonyl (C=O) groups excluding carboxylic acids is 1. The number of ether oxygens (including phenoxy) is 1. The molecule has 0 aliphatic carbocycles. The second-order valence-corrected chi connectivity index (χ2v) is 8.88. The zero-order valence-corrected chi connectivity index (χ0v) is 15.4. The van der Waals surface area contributed by atoms with Gasteiger partial charge in [0.15, 0.2) is 16.4 Å². The van der Waals surface area contributed by atoms with Crippen molar-refractivity contribution in [1.29, 1.82) is 0 Å². The zero-order chi connectivity index (χ0) is 19.5. The SMILES string of the molecule is CC(C)CN(C(=O)COc1cc(F)ccc1[N+](=O)[O-])C1CCS(=O)(=O)C1. The van der Waals surface area contributed by atoms with E-state index in [0.717, 1.165) is 18.2 Å². The summed E-state index contributed by atoms with van der Waals surface area (Å²) in [6, 6.07) is 2.30. The molecular weight excluding hydrogens is 367 g/mol. The normalized spacial score (nSPS) is 18.7. The fourth-order valence-electron chi connectivity index (χ4n) is 2.85. The third kappa shape index (κ3) is 5.13. The molecule has 1 aliphatic rings. The van der Waals surface area contributed by atoms with E-state index in [4.69, 9.17) is 4.74 Å². The summed E-state index contributed by atoms with van der Waals surface area (Å²) in [5.41, 5.74) is -0.446. The van der Waals surface area contributed by atoms with Crippen LogP contribution in [0.5, 0.6) is 5.75 Å². The van der Waals surface area contributed by atoms with Crippen molar-refractivity contribution in [3.05, 3.63) is 34.1 Å². The zero-order valence-electron chi connectivity index (χ0n) is 14.6. The number of halogens is 1. The highest BCUT2D eigenvalue weighted by atomic mass is 32.2. The van der Waals surface area contributed by atoms with Crippen molar-refractivity contribution in [3.8, 4) is 5.75 Å². The van der Waals surface area contributed by atoms with Crippen LogP contribution in [-0.4, -0.2) is 54.8 Å². The topological polar surface area (TPSA) is 107 Å². The van der Waals surface area contributed by atoms with Gasteiger partial charge in [0.05, 0.1) is 16.4 Å². The molecule has 0 aromatic heterocycles. The van der Waals surface area contributed by atoms with Crippen LogP contribution in [0.2, 0.25) is 0 Å². The van der Waals surface area contributed by atoms with Gasteiger partial charge in [0, 0.05) is 24.7 Å². The van der Waals surface area contributed by atoms with Crippen LogP contribution in [0.25, 0.3) is 0 Å². The molecule has 0 saturated carbocycles. The molecule has 1 amide bonds. The fourth-order valence-corrected chi connectivity index (χ4v) is 4.58. The van der Waals surface area contributed by atoms with Crippen LogP contribution < -0.4 is 4.74 Å². The molecule has 10 heteroatoms. The van der Waals surface area contributed by atoms with E-state index in [0.29, 0.717) is 13.0 Å². The van der Waals surface area contributed by atoms with Gasteiger partial charge in [0.1, 0.15) is 5.82 Å². The van der Waals surface area contributed by atoms with Crippen LogP contribution in [0, 0.1) is 21.8 Å². The molecule has 8 nitrogen and oxygen atoms in total. The Morgan fingerprint density at radius 1 is 1.46 bits per heavy atom. The second kappa shape index (κ2) is 7.98. The summed E-state index contributed by atoms with van der Waals surface area (Å²) in [6.45, 7) is 3.59. The molecule has 0 bridgehead atoms. The minimum atomic E-state index is -3.17. The van der Waals surface area contributed by atoms with E-state index in [1.807, 2.05) is 13.8 Å².